The van der Waals surface area contributed by atoms with E-state index < -0.39 is 0 Å². The number of phenolic OH excluding ortho intramolecular Hbond substituents is 1. The zero-order valence-electron chi connectivity index (χ0n) is 16.5. The maximum atomic E-state index is 9.58. The van der Waals surface area contributed by atoms with Crippen molar-refractivity contribution in [2.45, 2.75) is 58.3 Å². The van der Waals surface area contributed by atoms with Gasteiger partial charge in [0, 0.05) is 14.2 Å². The summed E-state index contributed by atoms with van der Waals surface area (Å²) >= 11 is 0. The topological polar surface area (TPSA) is 47.9 Å². The second-order valence-corrected chi connectivity index (χ2v) is 6.10. The fourth-order valence-corrected chi connectivity index (χ4v) is 2.38. The first-order valence-corrected chi connectivity index (χ1v) is 9.58. The largest absolute Gasteiger partial charge is 0.508 e. The fraction of sp³-hybridized carbons (Fsp3) is 0.714. The molecule has 0 saturated carbocycles. The number of aromatic hydroxyl groups is 1. The van der Waals surface area contributed by atoms with Gasteiger partial charge in [-0.2, -0.15) is 0 Å². The molecular weight excluding hydrogens is 316 g/mol. The van der Waals surface area contributed by atoms with E-state index in [0.717, 1.165) is 12.0 Å². The molecule has 0 saturated heterocycles. The Morgan fingerprint density at radius 1 is 0.760 bits per heavy atom. The van der Waals surface area contributed by atoms with Crippen LogP contribution in [-0.2, 0) is 20.6 Å². The van der Waals surface area contributed by atoms with E-state index in [9.17, 15) is 5.11 Å². The van der Waals surface area contributed by atoms with E-state index >= 15 is 0 Å². The lowest BCUT2D eigenvalue weighted by molar-refractivity contribution is 0.0385. The summed E-state index contributed by atoms with van der Waals surface area (Å²) in [5.74, 6) is 0.452. The monoisotopic (exact) mass is 354 g/mol. The predicted octanol–water partition coefficient (Wildman–Crippen LogP) is 4.98. The number of methoxy groups -OCH3 is 2. The first-order valence-electron chi connectivity index (χ1n) is 9.58. The molecule has 0 spiro atoms. The Balaban J connectivity index is 0.000000547. The number of rotatable bonds is 14. The van der Waals surface area contributed by atoms with Crippen molar-refractivity contribution in [3.63, 3.8) is 0 Å². The van der Waals surface area contributed by atoms with Gasteiger partial charge in [0.15, 0.2) is 0 Å². The summed E-state index contributed by atoms with van der Waals surface area (Å²) in [6, 6.07) is 7.67. The number of phenols is 1. The molecule has 25 heavy (non-hydrogen) atoms. The van der Waals surface area contributed by atoms with Crippen LogP contribution in [0.15, 0.2) is 24.3 Å². The molecule has 0 aromatic heterocycles. The van der Waals surface area contributed by atoms with E-state index in [1.54, 1.807) is 20.3 Å². The van der Waals surface area contributed by atoms with Gasteiger partial charge in [-0.25, -0.2) is 0 Å². The molecule has 1 N–H and O–H groups in total. The molecule has 0 aliphatic carbocycles. The first kappa shape index (κ1) is 23.9. The molecular formula is C21H38O4. The van der Waals surface area contributed by atoms with Crippen molar-refractivity contribution in [1.82, 2.24) is 0 Å². The van der Waals surface area contributed by atoms with Crippen LogP contribution in [0.3, 0.4) is 0 Å². The molecule has 1 aromatic carbocycles. The molecule has 0 unspecified atom stereocenters. The first-order chi connectivity index (χ1) is 12.3. The lowest BCUT2D eigenvalue weighted by Crippen LogP contribution is -2.06. The summed E-state index contributed by atoms with van der Waals surface area (Å²) in [7, 11) is 3.30. The third kappa shape index (κ3) is 16.1. The van der Waals surface area contributed by atoms with E-state index in [4.69, 9.17) is 14.2 Å². The van der Waals surface area contributed by atoms with Gasteiger partial charge in [-0.15, -0.1) is 0 Å². The smallest absolute Gasteiger partial charge is 0.118 e. The number of ether oxygens (including phenoxy) is 3. The van der Waals surface area contributed by atoms with Crippen LogP contribution in [0.5, 0.6) is 5.75 Å². The summed E-state index contributed by atoms with van der Waals surface area (Å²) < 4.78 is 14.6. The maximum absolute atomic E-state index is 9.58. The van der Waals surface area contributed by atoms with Crippen molar-refractivity contribution < 1.29 is 19.3 Å². The number of aryl methyl sites for hydroxylation is 1. The Hall–Kier alpha value is -1.10. The SMILES string of the molecule is CCCCCCCCCc1ccccc1O.COCCOCCOC. The van der Waals surface area contributed by atoms with Gasteiger partial charge in [0.2, 0.25) is 0 Å². The molecule has 146 valence electrons. The van der Waals surface area contributed by atoms with Crippen molar-refractivity contribution in [3.05, 3.63) is 29.8 Å². The summed E-state index contributed by atoms with van der Waals surface area (Å²) in [5.41, 5.74) is 1.09. The van der Waals surface area contributed by atoms with Gasteiger partial charge in [0.05, 0.1) is 26.4 Å². The number of benzene rings is 1. The molecule has 0 aliphatic heterocycles. The summed E-state index contributed by atoms with van der Waals surface area (Å²) in [4.78, 5) is 0. The van der Waals surface area contributed by atoms with Gasteiger partial charge < -0.3 is 19.3 Å². The van der Waals surface area contributed by atoms with E-state index in [-0.39, 0.29) is 0 Å². The zero-order chi connectivity index (χ0) is 18.6. The van der Waals surface area contributed by atoms with Crippen molar-refractivity contribution in [1.29, 1.82) is 0 Å². The van der Waals surface area contributed by atoms with E-state index in [1.807, 2.05) is 18.2 Å². The van der Waals surface area contributed by atoms with E-state index in [0.29, 0.717) is 32.2 Å². The maximum Gasteiger partial charge on any atom is 0.118 e. The van der Waals surface area contributed by atoms with Crippen LogP contribution in [0.1, 0.15) is 57.4 Å². The normalized spacial score (nSPS) is 10.4. The Bertz CT molecular complexity index is 376. The van der Waals surface area contributed by atoms with Crippen molar-refractivity contribution in [3.8, 4) is 5.75 Å². The van der Waals surface area contributed by atoms with E-state index in [1.165, 1.54) is 44.9 Å². The van der Waals surface area contributed by atoms with Crippen LogP contribution < -0.4 is 0 Å². The molecule has 0 bridgehead atoms. The molecule has 0 atom stereocenters. The minimum Gasteiger partial charge on any atom is -0.508 e. The third-order valence-electron chi connectivity index (χ3n) is 3.90. The van der Waals surface area contributed by atoms with Gasteiger partial charge in [-0.05, 0) is 24.5 Å². The molecule has 0 aliphatic rings. The standard InChI is InChI=1S/C15H24O.C6H14O3/c1-2-3-4-5-6-7-8-11-14-12-9-10-13-15(14)16;1-7-3-5-9-6-4-8-2/h9-10,12-13,16H,2-8,11H2,1H3;3-6H2,1-2H3. The molecule has 0 radical (unpaired) electrons. The number of para-hydroxylation sites is 1. The average Bonchev–Trinajstić information content (AvgIpc) is 2.63. The molecule has 1 rings (SSSR count). The second kappa shape index (κ2) is 19.2. The van der Waals surface area contributed by atoms with Crippen LogP contribution in [0.25, 0.3) is 0 Å². The molecule has 1 aromatic rings. The van der Waals surface area contributed by atoms with Crippen LogP contribution in [-0.4, -0.2) is 45.8 Å². The average molecular weight is 355 g/mol. The summed E-state index contributed by atoms with van der Waals surface area (Å²) in [6.07, 6.45) is 10.3. The zero-order valence-corrected chi connectivity index (χ0v) is 16.5. The Morgan fingerprint density at radius 3 is 1.88 bits per heavy atom. The highest BCUT2D eigenvalue weighted by Gasteiger charge is 1.98. The molecule has 4 heteroatoms. The third-order valence-corrected chi connectivity index (χ3v) is 3.90. The lowest BCUT2D eigenvalue weighted by Gasteiger charge is -2.04. The van der Waals surface area contributed by atoms with Crippen LogP contribution in [0.4, 0.5) is 0 Å². The number of hydrogen-bond acceptors (Lipinski definition) is 4. The molecule has 4 nitrogen and oxygen atoms in total. The van der Waals surface area contributed by atoms with Gasteiger partial charge in [-0.3, -0.25) is 0 Å². The Kier molecular flexibility index (Phi) is 18.4. The van der Waals surface area contributed by atoms with Crippen LogP contribution in [0, 0.1) is 0 Å². The van der Waals surface area contributed by atoms with Crippen molar-refractivity contribution in [2.24, 2.45) is 0 Å². The quantitative estimate of drug-likeness (QED) is 0.479. The number of hydrogen-bond donors (Lipinski definition) is 1. The van der Waals surface area contributed by atoms with Gasteiger partial charge in [0.1, 0.15) is 5.75 Å². The fourth-order valence-electron chi connectivity index (χ4n) is 2.38. The van der Waals surface area contributed by atoms with E-state index in [2.05, 4.69) is 6.92 Å². The minimum atomic E-state index is 0.452. The lowest BCUT2D eigenvalue weighted by atomic mass is 10.0. The summed E-state index contributed by atoms with van der Waals surface area (Å²) in [5, 5.41) is 9.58. The minimum absolute atomic E-state index is 0.452. The van der Waals surface area contributed by atoms with Gasteiger partial charge in [0.25, 0.3) is 0 Å². The molecule has 0 heterocycles. The summed E-state index contributed by atoms with van der Waals surface area (Å²) in [6.45, 7) is 4.87. The Labute approximate surface area is 154 Å². The molecule has 0 fully saturated rings. The highest BCUT2D eigenvalue weighted by molar-refractivity contribution is 5.31. The molecule has 0 amide bonds. The van der Waals surface area contributed by atoms with Gasteiger partial charge in [-0.1, -0.05) is 63.6 Å². The second-order valence-electron chi connectivity index (χ2n) is 6.10. The highest BCUT2D eigenvalue weighted by atomic mass is 16.5. The van der Waals surface area contributed by atoms with Gasteiger partial charge >= 0.3 is 0 Å². The highest BCUT2D eigenvalue weighted by Crippen LogP contribution is 2.18. The van der Waals surface area contributed by atoms with Crippen LogP contribution in [0.2, 0.25) is 0 Å². The van der Waals surface area contributed by atoms with Crippen LogP contribution >= 0.6 is 0 Å². The predicted molar refractivity (Wildman–Crippen MR) is 104 cm³/mol. The van der Waals surface area contributed by atoms with Crippen molar-refractivity contribution in [2.75, 3.05) is 40.6 Å². The van der Waals surface area contributed by atoms with Crippen molar-refractivity contribution >= 4 is 0 Å². The Morgan fingerprint density at radius 2 is 1.32 bits per heavy atom. The number of unbranched alkanes of at least 4 members (excludes halogenated alkanes) is 6.